The maximum atomic E-state index is 12.1. The van der Waals surface area contributed by atoms with Crippen molar-refractivity contribution in [2.45, 2.75) is 6.92 Å². The summed E-state index contributed by atoms with van der Waals surface area (Å²) < 4.78 is 5.25. The van der Waals surface area contributed by atoms with E-state index in [-0.39, 0.29) is 11.5 Å². The van der Waals surface area contributed by atoms with Crippen LogP contribution >= 0.6 is 11.6 Å². The van der Waals surface area contributed by atoms with Crippen molar-refractivity contribution in [2.24, 2.45) is 5.10 Å². The molecule has 0 saturated carbocycles. The van der Waals surface area contributed by atoms with Crippen LogP contribution in [0.5, 0.6) is 0 Å². The molecule has 0 fully saturated rings. The van der Waals surface area contributed by atoms with Crippen LogP contribution in [0.25, 0.3) is 11.0 Å². The van der Waals surface area contributed by atoms with Crippen molar-refractivity contribution in [3.05, 3.63) is 81.2 Å². The van der Waals surface area contributed by atoms with Gasteiger partial charge in [-0.1, -0.05) is 29.8 Å². The third-order valence-corrected chi connectivity index (χ3v) is 3.68. The first-order valence-electron chi connectivity index (χ1n) is 7.18. The van der Waals surface area contributed by atoms with E-state index in [2.05, 4.69) is 10.5 Å². The lowest BCUT2D eigenvalue weighted by molar-refractivity contribution is 0.0955. The minimum atomic E-state index is -0.528. The van der Waals surface area contributed by atoms with Gasteiger partial charge in [-0.3, -0.25) is 4.79 Å². The quantitative estimate of drug-likeness (QED) is 0.450. The largest absolute Gasteiger partial charge is 0.422 e. The van der Waals surface area contributed by atoms with E-state index >= 15 is 0 Å². The van der Waals surface area contributed by atoms with Crippen LogP contribution in [0.15, 0.2) is 68.9 Å². The fraction of sp³-hybridized carbons (Fsp3) is 0.0556. The SMILES string of the molecule is C/C(=N/NC(=O)c1ccccc1)c1cc2cc(Cl)ccc2oc1=O. The van der Waals surface area contributed by atoms with Crippen LogP contribution in [0.4, 0.5) is 0 Å². The summed E-state index contributed by atoms with van der Waals surface area (Å²) in [6.07, 6.45) is 0. The van der Waals surface area contributed by atoms with Gasteiger partial charge in [0.1, 0.15) is 5.58 Å². The van der Waals surface area contributed by atoms with Gasteiger partial charge in [-0.2, -0.15) is 5.10 Å². The molecular weight excluding hydrogens is 328 g/mol. The number of nitrogens with zero attached hydrogens (tertiary/aromatic N) is 1. The number of carbonyl (C=O) groups excluding carboxylic acids is 1. The molecule has 1 amide bonds. The number of benzene rings is 2. The summed E-state index contributed by atoms with van der Waals surface area (Å²) in [6, 6.07) is 15.3. The summed E-state index contributed by atoms with van der Waals surface area (Å²) in [5, 5.41) is 5.20. The molecule has 0 saturated heterocycles. The number of amides is 1. The van der Waals surface area contributed by atoms with E-state index in [1.54, 1.807) is 55.5 Å². The van der Waals surface area contributed by atoms with Crippen LogP contribution in [0.3, 0.4) is 0 Å². The van der Waals surface area contributed by atoms with E-state index in [4.69, 9.17) is 16.0 Å². The second kappa shape index (κ2) is 6.68. The zero-order chi connectivity index (χ0) is 17.1. The normalized spacial score (nSPS) is 11.5. The van der Waals surface area contributed by atoms with Crippen molar-refractivity contribution in [3.8, 4) is 0 Å². The number of nitrogens with one attached hydrogen (secondary N) is 1. The lowest BCUT2D eigenvalue weighted by Gasteiger charge is -2.04. The van der Waals surface area contributed by atoms with Gasteiger partial charge >= 0.3 is 5.63 Å². The highest BCUT2D eigenvalue weighted by atomic mass is 35.5. The van der Waals surface area contributed by atoms with E-state index in [0.717, 1.165) is 0 Å². The van der Waals surface area contributed by atoms with Crippen molar-refractivity contribution < 1.29 is 9.21 Å². The Morgan fingerprint density at radius 3 is 2.62 bits per heavy atom. The van der Waals surface area contributed by atoms with Crippen molar-refractivity contribution in [2.75, 3.05) is 0 Å². The Bertz CT molecular complexity index is 994. The highest BCUT2D eigenvalue weighted by Crippen LogP contribution is 2.19. The molecule has 0 radical (unpaired) electrons. The number of hydrazone groups is 1. The smallest absolute Gasteiger partial charge is 0.345 e. The van der Waals surface area contributed by atoms with Gasteiger partial charge < -0.3 is 4.42 Å². The number of fused-ring (bicyclic) bond motifs is 1. The van der Waals surface area contributed by atoms with Gasteiger partial charge in [0, 0.05) is 16.0 Å². The number of carbonyl (C=O) groups is 1. The Balaban J connectivity index is 1.90. The molecule has 0 spiro atoms. The zero-order valence-electron chi connectivity index (χ0n) is 12.7. The summed E-state index contributed by atoms with van der Waals surface area (Å²) in [4.78, 5) is 24.1. The Labute approximate surface area is 142 Å². The second-order valence-electron chi connectivity index (χ2n) is 5.13. The predicted molar refractivity (Wildman–Crippen MR) is 93.6 cm³/mol. The molecule has 0 atom stereocenters. The van der Waals surface area contributed by atoms with Gasteiger partial charge in [-0.05, 0) is 43.3 Å². The van der Waals surface area contributed by atoms with Crippen molar-refractivity contribution >= 4 is 34.2 Å². The van der Waals surface area contributed by atoms with Crippen LogP contribution < -0.4 is 11.1 Å². The molecule has 5 nitrogen and oxygen atoms in total. The molecule has 6 heteroatoms. The first-order valence-corrected chi connectivity index (χ1v) is 7.56. The van der Waals surface area contributed by atoms with Gasteiger partial charge in [-0.15, -0.1) is 0 Å². The summed E-state index contributed by atoms with van der Waals surface area (Å²) in [5.74, 6) is -0.358. The molecule has 1 heterocycles. The minimum Gasteiger partial charge on any atom is -0.422 e. The van der Waals surface area contributed by atoms with Crippen molar-refractivity contribution in [1.82, 2.24) is 5.43 Å². The molecule has 0 aliphatic rings. The number of halogens is 1. The monoisotopic (exact) mass is 340 g/mol. The molecule has 24 heavy (non-hydrogen) atoms. The van der Waals surface area contributed by atoms with E-state index in [9.17, 15) is 9.59 Å². The molecule has 0 bridgehead atoms. The summed E-state index contributed by atoms with van der Waals surface area (Å²) in [5.41, 5.74) is 3.42. The maximum absolute atomic E-state index is 12.1. The fourth-order valence-electron chi connectivity index (χ4n) is 2.20. The highest BCUT2D eigenvalue weighted by Gasteiger charge is 2.10. The minimum absolute atomic E-state index is 0.262. The molecule has 1 aromatic heterocycles. The van der Waals surface area contributed by atoms with Crippen LogP contribution in [-0.2, 0) is 0 Å². The number of hydrogen-bond acceptors (Lipinski definition) is 4. The third kappa shape index (κ3) is 3.36. The van der Waals surface area contributed by atoms with E-state index in [0.29, 0.717) is 27.3 Å². The average Bonchev–Trinajstić information content (AvgIpc) is 2.60. The Hall–Kier alpha value is -2.92. The van der Waals surface area contributed by atoms with E-state index < -0.39 is 5.63 Å². The second-order valence-corrected chi connectivity index (χ2v) is 5.57. The summed E-state index contributed by atoms with van der Waals surface area (Å²) >= 11 is 5.95. The number of rotatable bonds is 3. The molecule has 120 valence electrons. The first-order chi connectivity index (χ1) is 11.5. The van der Waals surface area contributed by atoms with Gasteiger partial charge in [0.2, 0.25) is 0 Å². The van der Waals surface area contributed by atoms with Crippen LogP contribution in [-0.4, -0.2) is 11.6 Å². The first kappa shape index (κ1) is 16.0. The maximum Gasteiger partial charge on any atom is 0.345 e. The molecule has 0 aliphatic carbocycles. The van der Waals surface area contributed by atoms with E-state index in [1.807, 2.05) is 6.07 Å². The van der Waals surface area contributed by atoms with Gasteiger partial charge in [0.25, 0.3) is 5.91 Å². The molecule has 3 rings (SSSR count). The topological polar surface area (TPSA) is 71.7 Å². The third-order valence-electron chi connectivity index (χ3n) is 3.45. The van der Waals surface area contributed by atoms with E-state index in [1.165, 1.54) is 0 Å². The lowest BCUT2D eigenvalue weighted by atomic mass is 10.1. The van der Waals surface area contributed by atoms with Gasteiger partial charge in [0.05, 0.1) is 11.3 Å². The molecule has 0 unspecified atom stereocenters. The lowest BCUT2D eigenvalue weighted by Crippen LogP contribution is -2.21. The zero-order valence-corrected chi connectivity index (χ0v) is 13.5. The summed E-state index contributed by atoms with van der Waals surface area (Å²) in [7, 11) is 0. The molecule has 1 N–H and O–H groups in total. The molecule has 3 aromatic rings. The molecular formula is C18H13ClN2O3. The Morgan fingerprint density at radius 1 is 1.12 bits per heavy atom. The molecule has 2 aromatic carbocycles. The Morgan fingerprint density at radius 2 is 1.88 bits per heavy atom. The highest BCUT2D eigenvalue weighted by molar-refractivity contribution is 6.31. The fourth-order valence-corrected chi connectivity index (χ4v) is 2.38. The van der Waals surface area contributed by atoms with Crippen molar-refractivity contribution in [3.63, 3.8) is 0 Å². The predicted octanol–water partition coefficient (Wildman–Crippen LogP) is 3.60. The Kier molecular flexibility index (Phi) is 4.44. The molecule has 0 aliphatic heterocycles. The van der Waals surface area contributed by atoms with Crippen LogP contribution in [0.1, 0.15) is 22.8 Å². The average molecular weight is 341 g/mol. The van der Waals surface area contributed by atoms with Gasteiger partial charge in [0.15, 0.2) is 0 Å². The van der Waals surface area contributed by atoms with Gasteiger partial charge in [-0.25, -0.2) is 10.2 Å². The van der Waals surface area contributed by atoms with Crippen LogP contribution in [0.2, 0.25) is 5.02 Å². The number of hydrogen-bond donors (Lipinski definition) is 1. The summed E-state index contributed by atoms with van der Waals surface area (Å²) in [6.45, 7) is 1.62. The van der Waals surface area contributed by atoms with Crippen molar-refractivity contribution in [1.29, 1.82) is 0 Å². The standard InChI is InChI=1S/C18H13ClN2O3/c1-11(20-21-17(22)12-5-3-2-4-6-12)15-10-13-9-14(19)7-8-16(13)24-18(15)23/h2-10H,1H3,(H,21,22)/b20-11-. The van der Waals surface area contributed by atoms with Crippen LogP contribution in [0, 0.1) is 0 Å².